The van der Waals surface area contributed by atoms with Crippen LogP contribution >= 0.6 is 0 Å². The molecular formula is C23H33N2O2+. The van der Waals surface area contributed by atoms with Crippen molar-refractivity contribution in [2.24, 2.45) is 5.92 Å². The predicted octanol–water partition coefficient (Wildman–Crippen LogP) is 4.11. The van der Waals surface area contributed by atoms with Crippen LogP contribution in [0.4, 0.5) is 5.69 Å². The van der Waals surface area contributed by atoms with Crippen LogP contribution in [0, 0.1) is 5.92 Å². The van der Waals surface area contributed by atoms with Crippen molar-refractivity contribution in [3.05, 3.63) is 59.7 Å². The molecule has 0 saturated heterocycles. The number of carbonyl (C=O) groups excluding carboxylic acids is 1. The number of rotatable bonds is 8. The number of hydrogen-bond donors (Lipinski definition) is 2. The normalized spacial score (nSPS) is 13.5. The number of methoxy groups -OCH3 is 1. The first-order valence-corrected chi connectivity index (χ1v) is 9.72. The highest BCUT2D eigenvalue weighted by molar-refractivity contribution is 5.94. The highest BCUT2D eigenvalue weighted by atomic mass is 16.5. The van der Waals surface area contributed by atoms with E-state index in [4.69, 9.17) is 4.74 Å². The van der Waals surface area contributed by atoms with Gasteiger partial charge in [0.2, 0.25) is 0 Å². The smallest absolute Gasteiger partial charge is 0.282 e. The Morgan fingerprint density at radius 3 is 2.07 bits per heavy atom. The van der Waals surface area contributed by atoms with E-state index in [9.17, 15) is 4.79 Å². The number of quaternary nitrogens is 1. The number of benzene rings is 2. The van der Waals surface area contributed by atoms with Crippen molar-refractivity contribution in [1.82, 2.24) is 0 Å². The Hall–Kier alpha value is -2.33. The molecule has 146 valence electrons. The van der Waals surface area contributed by atoms with Crippen molar-refractivity contribution in [1.29, 1.82) is 0 Å². The third-order valence-corrected chi connectivity index (χ3v) is 4.98. The van der Waals surface area contributed by atoms with E-state index in [1.165, 1.54) is 11.1 Å². The Kier molecular flexibility index (Phi) is 7.43. The molecule has 0 aliphatic carbocycles. The molecule has 2 rings (SSSR count). The van der Waals surface area contributed by atoms with E-state index in [1.54, 1.807) is 7.11 Å². The molecule has 2 aromatic carbocycles. The Morgan fingerprint density at radius 1 is 0.926 bits per heavy atom. The van der Waals surface area contributed by atoms with Crippen molar-refractivity contribution in [2.75, 3.05) is 12.4 Å². The second-order valence-electron chi connectivity index (χ2n) is 7.76. The largest absolute Gasteiger partial charge is 0.495 e. The molecule has 4 heteroatoms. The van der Waals surface area contributed by atoms with Crippen LogP contribution in [-0.2, 0) is 4.79 Å². The maximum absolute atomic E-state index is 12.7. The number of nitrogens with one attached hydrogen (secondary N) is 1. The number of para-hydroxylation sites is 2. The third-order valence-electron chi connectivity index (χ3n) is 4.98. The molecule has 0 bridgehead atoms. The minimum Gasteiger partial charge on any atom is -0.495 e. The first kappa shape index (κ1) is 21.0. The number of ether oxygens (including phenoxy) is 1. The van der Waals surface area contributed by atoms with Gasteiger partial charge < -0.3 is 15.4 Å². The zero-order chi connectivity index (χ0) is 20.0. The summed E-state index contributed by atoms with van der Waals surface area (Å²) in [6, 6.07) is 16.3. The van der Waals surface area contributed by atoms with Crippen molar-refractivity contribution >= 4 is 11.6 Å². The van der Waals surface area contributed by atoms with Crippen LogP contribution in [0.1, 0.15) is 57.7 Å². The molecule has 0 aliphatic rings. The fraction of sp³-hybridized carbons (Fsp3) is 0.435. The van der Waals surface area contributed by atoms with Crippen molar-refractivity contribution in [2.45, 2.75) is 52.6 Å². The summed E-state index contributed by atoms with van der Waals surface area (Å²) in [5.74, 6) is 1.58. The van der Waals surface area contributed by atoms with Gasteiger partial charge in [-0.3, -0.25) is 4.79 Å². The van der Waals surface area contributed by atoms with Crippen molar-refractivity contribution < 1.29 is 14.8 Å². The van der Waals surface area contributed by atoms with Gasteiger partial charge in [-0.05, 0) is 30.5 Å². The Bertz CT molecular complexity index is 738. The van der Waals surface area contributed by atoms with Gasteiger partial charge >= 0.3 is 0 Å². The van der Waals surface area contributed by atoms with E-state index in [2.05, 4.69) is 62.6 Å². The lowest BCUT2D eigenvalue weighted by molar-refractivity contribution is -0.718. The van der Waals surface area contributed by atoms with Gasteiger partial charge in [0.25, 0.3) is 5.91 Å². The molecule has 0 fully saturated rings. The predicted molar refractivity (Wildman–Crippen MR) is 111 cm³/mol. The molecule has 0 unspecified atom stereocenters. The number of nitrogens with two attached hydrogens (primary N) is 1. The quantitative estimate of drug-likeness (QED) is 0.736. The second kappa shape index (κ2) is 9.56. The fourth-order valence-electron chi connectivity index (χ4n) is 3.21. The van der Waals surface area contributed by atoms with Crippen molar-refractivity contribution in [3.63, 3.8) is 0 Å². The monoisotopic (exact) mass is 369 g/mol. The molecule has 0 saturated carbocycles. The summed E-state index contributed by atoms with van der Waals surface area (Å²) in [4.78, 5) is 12.7. The number of hydrogen-bond acceptors (Lipinski definition) is 2. The molecule has 0 radical (unpaired) electrons. The molecule has 4 nitrogen and oxygen atoms in total. The molecule has 0 aromatic heterocycles. The number of carbonyl (C=O) groups is 1. The van der Waals surface area contributed by atoms with E-state index in [0.29, 0.717) is 23.3 Å². The number of anilines is 1. The molecule has 27 heavy (non-hydrogen) atoms. The van der Waals surface area contributed by atoms with Crippen LogP contribution in [0.2, 0.25) is 0 Å². The lowest BCUT2D eigenvalue weighted by Gasteiger charge is -2.24. The highest BCUT2D eigenvalue weighted by Gasteiger charge is 2.26. The minimum atomic E-state index is -0.216. The van der Waals surface area contributed by atoms with Gasteiger partial charge in [-0.1, -0.05) is 64.1 Å². The van der Waals surface area contributed by atoms with Crippen LogP contribution < -0.4 is 15.4 Å². The number of amides is 1. The summed E-state index contributed by atoms with van der Waals surface area (Å²) in [7, 11) is 1.61. The molecular weight excluding hydrogens is 336 g/mol. The minimum absolute atomic E-state index is 0.0241. The van der Waals surface area contributed by atoms with E-state index in [-0.39, 0.29) is 18.0 Å². The highest BCUT2D eigenvalue weighted by Crippen LogP contribution is 2.24. The lowest BCUT2D eigenvalue weighted by atomic mass is 9.93. The summed E-state index contributed by atoms with van der Waals surface area (Å²) < 4.78 is 5.32. The first-order valence-electron chi connectivity index (χ1n) is 9.72. The van der Waals surface area contributed by atoms with Gasteiger partial charge in [0.15, 0.2) is 6.04 Å². The van der Waals surface area contributed by atoms with E-state index in [1.807, 2.05) is 31.2 Å². The van der Waals surface area contributed by atoms with E-state index in [0.717, 1.165) is 0 Å². The van der Waals surface area contributed by atoms with Gasteiger partial charge in [0.05, 0.1) is 12.8 Å². The SMILES string of the molecule is COc1ccccc1NC(=O)[C@@H](C)[NH2+][C@@H](c1ccc(C(C)C)cc1)C(C)C. The van der Waals surface area contributed by atoms with Gasteiger partial charge in [-0.25, -0.2) is 0 Å². The van der Waals surface area contributed by atoms with Crippen LogP contribution in [-0.4, -0.2) is 19.1 Å². The topological polar surface area (TPSA) is 54.9 Å². The third kappa shape index (κ3) is 5.57. The zero-order valence-corrected chi connectivity index (χ0v) is 17.3. The lowest BCUT2D eigenvalue weighted by Crippen LogP contribution is -2.93. The molecule has 2 aromatic rings. The fourth-order valence-corrected chi connectivity index (χ4v) is 3.21. The van der Waals surface area contributed by atoms with Gasteiger partial charge in [-0.15, -0.1) is 0 Å². The zero-order valence-electron chi connectivity index (χ0n) is 17.3. The Labute approximate surface area is 163 Å². The Morgan fingerprint density at radius 2 is 1.52 bits per heavy atom. The summed E-state index contributed by atoms with van der Waals surface area (Å²) in [5.41, 5.74) is 3.29. The van der Waals surface area contributed by atoms with Gasteiger partial charge in [0, 0.05) is 11.5 Å². The van der Waals surface area contributed by atoms with Crippen molar-refractivity contribution in [3.8, 4) is 5.75 Å². The molecule has 3 N–H and O–H groups in total. The maximum atomic E-state index is 12.7. The first-order chi connectivity index (χ1) is 12.8. The average Bonchev–Trinajstić information content (AvgIpc) is 2.66. The standard InChI is InChI=1S/C23H32N2O2/c1-15(2)18-11-13-19(14-12-18)22(16(3)4)24-17(5)23(26)25-20-9-7-8-10-21(20)27-6/h7-17,22,24H,1-6H3,(H,25,26)/p+1/t17-,22-/m1/s1. The van der Waals surface area contributed by atoms with Gasteiger partial charge in [0.1, 0.15) is 11.8 Å². The van der Waals surface area contributed by atoms with E-state index >= 15 is 0 Å². The van der Waals surface area contributed by atoms with Gasteiger partial charge in [-0.2, -0.15) is 0 Å². The Balaban J connectivity index is 2.09. The summed E-state index contributed by atoms with van der Waals surface area (Å²) in [6.45, 7) is 10.7. The second-order valence-corrected chi connectivity index (χ2v) is 7.76. The van der Waals surface area contributed by atoms with Crippen LogP contribution in [0.15, 0.2) is 48.5 Å². The molecule has 0 heterocycles. The maximum Gasteiger partial charge on any atom is 0.282 e. The summed E-state index contributed by atoms with van der Waals surface area (Å²) in [6.07, 6.45) is 0. The summed E-state index contributed by atoms with van der Waals surface area (Å²) >= 11 is 0. The molecule has 1 amide bonds. The average molecular weight is 370 g/mol. The molecule has 0 aliphatic heterocycles. The van der Waals surface area contributed by atoms with Crippen LogP contribution in [0.5, 0.6) is 5.75 Å². The van der Waals surface area contributed by atoms with Crippen LogP contribution in [0.25, 0.3) is 0 Å². The molecule has 2 atom stereocenters. The molecule has 0 spiro atoms. The van der Waals surface area contributed by atoms with Crippen LogP contribution in [0.3, 0.4) is 0 Å². The summed E-state index contributed by atoms with van der Waals surface area (Å²) in [5, 5.41) is 5.14. The van der Waals surface area contributed by atoms with E-state index < -0.39 is 0 Å².